The van der Waals surface area contributed by atoms with Gasteiger partial charge in [-0.1, -0.05) is 18.2 Å². The summed E-state index contributed by atoms with van der Waals surface area (Å²) in [6.07, 6.45) is 0. The summed E-state index contributed by atoms with van der Waals surface area (Å²) in [4.78, 5) is 50.4. The Kier molecular flexibility index (Phi) is 8.03. The number of hydrogen-bond donors (Lipinski definition) is 5. The molecule has 0 bridgehead atoms. The van der Waals surface area contributed by atoms with Gasteiger partial charge in [-0.15, -0.1) is 11.3 Å². The minimum absolute atomic E-state index is 0.0119. The summed E-state index contributed by atoms with van der Waals surface area (Å²) in [7, 11) is 0. The van der Waals surface area contributed by atoms with E-state index in [1.54, 1.807) is 84.9 Å². The maximum absolute atomic E-state index is 13.4. The van der Waals surface area contributed by atoms with Crippen LogP contribution in [-0.2, 0) is 11.3 Å². The summed E-state index contributed by atoms with van der Waals surface area (Å²) in [5.74, 6) is -3.19. The van der Waals surface area contributed by atoms with Gasteiger partial charge in [0.2, 0.25) is 0 Å². The van der Waals surface area contributed by atoms with E-state index in [1.165, 1.54) is 4.90 Å². The first kappa shape index (κ1) is 28.8. The molecule has 0 atom stereocenters. The molecule has 1 amide bonds. The van der Waals surface area contributed by atoms with Gasteiger partial charge in [0.05, 0.1) is 5.56 Å². The Morgan fingerprint density at radius 2 is 1.53 bits per heavy atom. The fourth-order valence-corrected chi connectivity index (χ4v) is 5.38. The number of thiophene rings is 1. The van der Waals surface area contributed by atoms with Crippen LogP contribution in [0.2, 0.25) is 0 Å². The molecule has 43 heavy (non-hydrogen) atoms. The Hall–Kier alpha value is -5.75. The number of ether oxygens (including phenoxy) is 1. The second-order valence-corrected chi connectivity index (χ2v) is 10.7. The highest BCUT2D eigenvalue weighted by Crippen LogP contribution is 2.28. The molecule has 0 aliphatic rings. The molecule has 12 heteroatoms. The molecule has 0 spiro atoms. The van der Waals surface area contributed by atoms with E-state index in [1.807, 2.05) is 0 Å². The number of amides is 1. The number of hydrogen-bond acceptors (Lipinski definition) is 7. The third-order valence-corrected chi connectivity index (χ3v) is 7.55. The molecule has 0 fully saturated rings. The number of benzene rings is 4. The maximum Gasteiger partial charge on any atom is 0.345 e. The number of rotatable bonds is 9. The van der Waals surface area contributed by atoms with E-state index in [2.05, 4.69) is 5.32 Å². The van der Waals surface area contributed by atoms with E-state index >= 15 is 0 Å². The molecule has 0 radical (unpaired) electrons. The minimum Gasteiger partial charge on any atom is -0.480 e. The van der Waals surface area contributed by atoms with Gasteiger partial charge in [0.25, 0.3) is 5.91 Å². The summed E-state index contributed by atoms with van der Waals surface area (Å²) in [6, 6.07) is 22.9. The van der Waals surface area contributed by atoms with E-state index in [4.69, 9.17) is 15.9 Å². The first-order valence-electron chi connectivity index (χ1n) is 12.8. The van der Waals surface area contributed by atoms with Crippen LogP contribution in [0.5, 0.6) is 5.75 Å². The van der Waals surface area contributed by atoms with Gasteiger partial charge in [0.15, 0.2) is 5.96 Å². The van der Waals surface area contributed by atoms with Crippen molar-refractivity contribution in [3.05, 3.63) is 106 Å². The third-order valence-electron chi connectivity index (χ3n) is 6.45. The molecule has 5 rings (SSSR count). The second kappa shape index (κ2) is 12.0. The van der Waals surface area contributed by atoms with Gasteiger partial charge in [0.1, 0.15) is 17.2 Å². The zero-order valence-corrected chi connectivity index (χ0v) is 23.2. The number of anilines is 1. The van der Waals surface area contributed by atoms with Gasteiger partial charge in [-0.2, -0.15) is 0 Å². The Bertz CT molecular complexity index is 1920. The number of carboxylic acids is 2. The Balaban J connectivity index is 1.32. The number of fused-ring (bicyclic) bond motifs is 2. The van der Waals surface area contributed by atoms with Crippen molar-refractivity contribution in [2.75, 3.05) is 11.9 Å². The van der Waals surface area contributed by atoms with Crippen LogP contribution < -0.4 is 15.8 Å². The summed E-state index contributed by atoms with van der Waals surface area (Å²) in [5.41, 5.74) is 7.10. The average Bonchev–Trinajstić information content (AvgIpc) is 3.40. The molecule has 0 saturated heterocycles. The SMILES string of the molecule is N=C(N)Nc1ccc(C(=O)Oc2ccc3cc(C(=O)N(CC(=O)O)Cc4ccc5sc(C(=O)O)cc5c4)ccc3c2)cc1. The van der Waals surface area contributed by atoms with Crippen LogP contribution in [0.4, 0.5) is 5.69 Å². The van der Waals surface area contributed by atoms with Gasteiger partial charge < -0.3 is 30.9 Å². The monoisotopic (exact) mass is 596 g/mol. The molecule has 1 heterocycles. The molecule has 4 aromatic carbocycles. The fourth-order valence-electron chi connectivity index (χ4n) is 4.49. The van der Waals surface area contributed by atoms with Gasteiger partial charge >= 0.3 is 17.9 Å². The van der Waals surface area contributed by atoms with E-state index in [9.17, 15) is 29.4 Å². The van der Waals surface area contributed by atoms with Crippen LogP contribution in [-0.4, -0.2) is 51.4 Å². The van der Waals surface area contributed by atoms with E-state index < -0.39 is 30.4 Å². The van der Waals surface area contributed by atoms with E-state index in [0.717, 1.165) is 16.0 Å². The summed E-state index contributed by atoms with van der Waals surface area (Å²) < 4.78 is 6.28. The predicted molar refractivity (Wildman–Crippen MR) is 162 cm³/mol. The Labute approximate surface area is 248 Å². The van der Waals surface area contributed by atoms with Crippen LogP contribution in [0, 0.1) is 5.41 Å². The normalized spacial score (nSPS) is 10.8. The summed E-state index contributed by atoms with van der Waals surface area (Å²) >= 11 is 1.14. The number of aliphatic carboxylic acids is 1. The lowest BCUT2D eigenvalue weighted by Crippen LogP contribution is -2.35. The molecular formula is C31H24N4O7S. The third kappa shape index (κ3) is 6.77. The van der Waals surface area contributed by atoms with Crippen molar-refractivity contribution in [2.45, 2.75) is 6.54 Å². The Morgan fingerprint density at radius 1 is 0.837 bits per heavy atom. The lowest BCUT2D eigenvalue weighted by molar-refractivity contribution is -0.137. The zero-order valence-electron chi connectivity index (χ0n) is 22.4. The van der Waals surface area contributed by atoms with Crippen LogP contribution in [0.25, 0.3) is 20.9 Å². The van der Waals surface area contributed by atoms with Crippen LogP contribution in [0.1, 0.15) is 36.0 Å². The van der Waals surface area contributed by atoms with Crippen molar-refractivity contribution >= 4 is 67.7 Å². The molecule has 5 aromatic rings. The number of nitrogens with one attached hydrogen (secondary N) is 2. The number of nitrogens with zero attached hydrogens (tertiary/aromatic N) is 1. The highest BCUT2D eigenvalue weighted by molar-refractivity contribution is 7.20. The fraction of sp³-hybridized carbons (Fsp3) is 0.0645. The maximum atomic E-state index is 13.4. The van der Waals surface area contributed by atoms with Crippen molar-refractivity contribution in [1.29, 1.82) is 5.41 Å². The number of aromatic carboxylic acids is 1. The minimum atomic E-state index is -1.17. The quantitative estimate of drug-likeness (QED) is 0.0676. The van der Waals surface area contributed by atoms with Crippen LogP contribution in [0.3, 0.4) is 0 Å². The Morgan fingerprint density at radius 3 is 2.23 bits per heavy atom. The van der Waals surface area contributed by atoms with E-state index in [-0.39, 0.29) is 22.9 Å². The van der Waals surface area contributed by atoms with Crippen molar-refractivity contribution in [3.8, 4) is 5.75 Å². The number of nitrogens with two attached hydrogens (primary N) is 1. The lowest BCUT2D eigenvalue weighted by atomic mass is 10.1. The van der Waals surface area contributed by atoms with Gasteiger partial charge in [-0.3, -0.25) is 15.0 Å². The van der Waals surface area contributed by atoms with Gasteiger partial charge in [-0.05, 0) is 88.5 Å². The van der Waals surface area contributed by atoms with Gasteiger partial charge in [-0.25, -0.2) is 9.59 Å². The standard InChI is InChI=1S/C31H24N4O7S/c32-31(33)34-23-7-4-18(5-8-23)30(41)42-24-9-6-19-12-21(3-2-20(19)13-24)28(38)35(16-27(36)37)15-17-1-10-25-22(11-17)14-26(43-25)29(39)40/h1-14H,15-16H2,(H,36,37)(H,39,40)(H4,32,33,34). The zero-order chi connectivity index (χ0) is 30.7. The molecule has 0 aliphatic carbocycles. The molecule has 0 unspecified atom stereocenters. The number of esters is 1. The largest absolute Gasteiger partial charge is 0.480 e. The van der Waals surface area contributed by atoms with E-state index in [0.29, 0.717) is 38.7 Å². The first-order valence-corrected chi connectivity index (χ1v) is 13.6. The van der Waals surface area contributed by atoms with Crippen molar-refractivity contribution < 1.29 is 34.1 Å². The van der Waals surface area contributed by atoms with Gasteiger partial charge in [0, 0.05) is 22.5 Å². The first-order chi connectivity index (χ1) is 20.5. The number of carbonyl (C=O) groups excluding carboxylic acids is 2. The molecule has 0 saturated carbocycles. The number of carbonyl (C=O) groups is 4. The number of guanidine groups is 1. The summed E-state index contributed by atoms with van der Waals surface area (Å²) in [6.45, 7) is -0.516. The number of carboxylic acid groups (broad SMARTS) is 2. The molecule has 0 aliphatic heterocycles. The highest BCUT2D eigenvalue weighted by Gasteiger charge is 2.20. The van der Waals surface area contributed by atoms with Crippen molar-refractivity contribution in [1.82, 2.24) is 4.90 Å². The topological polar surface area (TPSA) is 183 Å². The van der Waals surface area contributed by atoms with Crippen LogP contribution in [0.15, 0.2) is 84.9 Å². The van der Waals surface area contributed by atoms with Crippen molar-refractivity contribution in [3.63, 3.8) is 0 Å². The summed E-state index contributed by atoms with van der Waals surface area (Å²) in [5, 5.41) is 30.7. The average molecular weight is 597 g/mol. The second-order valence-electron chi connectivity index (χ2n) is 9.57. The molecular weight excluding hydrogens is 572 g/mol. The van der Waals surface area contributed by atoms with Crippen LogP contribution >= 0.6 is 11.3 Å². The molecule has 11 nitrogen and oxygen atoms in total. The molecule has 6 N–H and O–H groups in total. The predicted octanol–water partition coefficient (Wildman–Crippen LogP) is 5.00. The molecule has 1 aromatic heterocycles. The molecule has 216 valence electrons. The van der Waals surface area contributed by atoms with Crippen molar-refractivity contribution in [2.24, 2.45) is 5.73 Å². The smallest absolute Gasteiger partial charge is 0.345 e. The highest BCUT2D eigenvalue weighted by atomic mass is 32.1. The lowest BCUT2D eigenvalue weighted by Gasteiger charge is -2.21.